The first-order valence-corrected chi connectivity index (χ1v) is 6.08. The lowest BCUT2D eigenvalue weighted by Gasteiger charge is -2.21. The summed E-state index contributed by atoms with van der Waals surface area (Å²) in [5.41, 5.74) is 3.20. The molecular weight excluding hydrogens is 220 g/mol. The number of hydrazine groups is 1. The summed E-state index contributed by atoms with van der Waals surface area (Å²) >= 11 is 0. The second-order valence-corrected chi connectivity index (χ2v) is 4.24. The van der Waals surface area contributed by atoms with Crippen molar-refractivity contribution in [1.29, 1.82) is 0 Å². The Bertz CT molecular complexity index is 491. The molecule has 0 heterocycles. The molecule has 0 aromatic heterocycles. The van der Waals surface area contributed by atoms with Crippen molar-refractivity contribution in [2.24, 2.45) is 5.84 Å². The first-order chi connectivity index (χ1) is 8.77. The Morgan fingerprint density at radius 3 is 2.11 bits per heavy atom. The Morgan fingerprint density at radius 1 is 0.944 bits per heavy atom. The van der Waals surface area contributed by atoms with Gasteiger partial charge >= 0.3 is 0 Å². The Morgan fingerprint density at radius 2 is 1.50 bits per heavy atom. The minimum Gasteiger partial charge on any atom is -0.311 e. The molecule has 92 valence electrons. The van der Waals surface area contributed by atoms with Crippen LogP contribution in [-0.4, -0.2) is 11.6 Å². The van der Waals surface area contributed by atoms with Crippen molar-refractivity contribution in [2.45, 2.75) is 6.42 Å². The van der Waals surface area contributed by atoms with E-state index in [1.165, 1.54) is 5.56 Å². The number of benzene rings is 2. The van der Waals surface area contributed by atoms with Gasteiger partial charge in [0.25, 0.3) is 0 Å². The molecule has 2 aromatic carbocycles. The second-order valence-electron chi connectivity index (χ2n) is 4.24. The van der Waals surface area contributed by atoms with Crippen molar-refractivity contribution in [3.05, 3.63) is 78.4 Å². The first kappa shape index (κ1) is 12.4. The predicted molar refractivity (Wildman–Crippen MR) is 76.5 cm³/mol. The number of nitrogens with zero attached hydrogens (tertiary/aromatic N) is 1. The molecule has 0 aliphatic carbocycles. The topological polar surface area (TPSA) is 29.3 Å². The van der Waals surface area contributed by atoms with E-state index in [0.29, 0.717) is 0 Å². The van der Waals surface area contributed by atoms with Crippen LogP contribution >= 0.6 is 0 Å². The van der Waals surface area contributed by atoms with Crippen molar-refractivity contribution < 1.29 is 0 Å². The van der Waals surface area contributed by atoms with Gasteiger partial charge in [-0.3, -0.25) is 0 Å². The normalized spacial score (nSPS) is 10.1. The van der Waals surface area contributed by atoms with E-state index in [4.69, 9.17) is 5.84 Å². The van der Waals surface area contributed by atoms with Crippen molar-refractivity contribution in [2.75, 3.05) is 6.54 Å². The minimum atomic E-state index is 0.762. The Hall–Kier alpha value is -2.06. The van der Waals surface area contributed by atoms with Gasteiger partial charge in [0.05, 0.1) is 5.70 Å². The van der Waals surface area contributed by atoms with Crippen LogP contribution in [0.2, 0.25) is 0 Å². The van der Waals surface area contributed by atoms with E-state index in [0.717, 1.165) is 24.2 Å². The zero-order chi connectivity index (χ0) is 12.8. The summed E-state index contributed by atoms with van der Waals surface area (Å²) in [4.78, 5) is 0. The molecule has 18 heavy (non-hydrogen) atoms. The highest BCUT2D eigenvalue weighted by atomic mass is 15.4. The van der Waals surface area contributed by atoms with Gasteiger partial charge in [-0.2, -0.15) is 0 Å². The average molecular weight is 238 g/mol. The van der Waals surface area contributed by atoms with Crippen LogP contribution in [0, 0.1) is 0 Å². The molecule has 2 aromatic rings. The maximum absolute atomic E-state index is 6.03. The van der Waals surface area contributed by atoms with Crippen LogP contribution in [0.3, 0.4) is 0 Å². The standard InChI is InChI=1S/C16H18N2/c1-14(16-10-6-3-7-11-16)18(17)13-12-15-8-4-2-5-9-15/h2-11H,1,12-13,17H2. The summed E-state index contributed by atoms with van der Waals surface area (Å²) < 4.78 is 0. The lowest BCUT2D eigenvalue weighted by Crippen LogP contribution is -2.31. The maximum Gasteiger partial charge on any atom is 0.0517 e. The van der Waals surface area contributed by atoms with Gasteiger partial charge < -0.3 is 5.01 Å². The Labute approximate surface area is 108 Å². The monoisotopic (exact) mass is 238 g/mol. The maximum atomic E-state index is 6.03. The summed E-state index contributed by atoms with van der Waals surface area (Å²) in [6.45, 7) is 4.80. The van der Waals surface area contributed by atoms with E-state index < -0.39 is 0 Å². The van der Waals surface area contributed by atoms with Gasteiger partial charge in [-0.05, 0) is 17.5 Å². The van der Waals surface area contributed by atoms with Gasteiger partial charge in [0.2, 0.25) is 0 Å². The molecule has 0 spiro atoms. The molecule has 0 aliphatic heterocycles. The van der Waals surface area contributed by atoms with E-state index in [9.17, 15) is 0 Å². The lowest BCUT2D eigenvalue weighted by molar-refractivity contribution is 0.421. The zero-order valence-corrected chi connectivity index (χ0v) is 10.4. The van der Waals surface area contributed by atoms with Gasteiger partial charge in [-0.15, -0.1) is 0 Å². The molecule has 0 amide bonds. The third-order valence-corrected chi connectivity index (χ3v) is 2.94. The molecular formula is C16H18N2. The van der Waals surface area contributed by atoms with Gasteiger partial charge in [0.15, 0.2) is 0 Å². The Kier molecular flexibility index (Phi) is 4.15. The molecule has 2 N–H and O–H groups in total. The van der Waals surface area contributed by atoms with Crippen LogP contribution in [0.1, 0.15) is 11.1 Å². The fourth-order valence-corrected chi connectivity index (χ4v) is 1.83. The fourth-order valence-electron chi connectivity index (χ4n) is 1.83. The summed E-state index contributed by atoms with van der Waals surface area (Å²) in [5, 5.41) is 1.71. The SMILES string of the molecule is C=C(c1ccccc1)N(N)CCc1ccccc1. The van der Waals surface area contributed by atoms with Crippen molar-refractivity contribution in [1.82, 2.24) is 5.01 Å². The molecule has 0 fully saturated rings. The highest BCUT2D eigenvalue weighted by Crippen LogP contribution is 2.14. The first-order valence-electron chi connectivity index (χ1n) is 6.08. The minimum absolute atomic E-state index is 0.762. The quantitative estimate of drug-likeness (QED) is 0.640. The van der Waals surface area contributed by atoms with Crippen LogP contribution in [-0.2, 0) is 6.42 Å². The summed E-state index contributed by atoms with van der Waals surface area (Å²) in [6, 6.07) is 20.3. The molecule has 0 radical (unpaired) electrons. The van der Waals surface area contributed by atoms with Crippen LogP contribution in [0.5, 0.6) is 0 Å². The fraction of sp³-hybridized carbons (Fsp3) is 0.125. The summed E-state index contributed by atoms with van der Waals surface area (Å²) in [7, 11) is 0. The molecule has 0 saturated heterocycles. The third kappa shape index (κ3) is 3.22. The van der Waals surface area contributed by atoms with Crippen LogP contribution in [0.4, 0.5) is 0 Å². The van der Waals surface area contributed by atoms with E-state index in [2.05, 4.69) is 18.7 Å². The number of nitrogens with two attached hydrogens (primary N) is 1. The molecule has 0 aliphatic rings. The molecule has 0 saturated carbocycles. The molecule has 0 bridgehead atoms. The summed E-state index contributed by atoms with van der Waals surface area (Å²) in [5.74, 6) is 6.03. The second kappa shape index (κ2) is 6.03. The molecule has 0 atom stereocenters. The lowest BCUT2D eigenvalue weighted by atomic mass is 10.1. The molecule has 0 unspecified atom stereocenters. The van der Waals surface area contributed by atoms with Crippen LogP contribution < -0.4 is 5.84 Å². The van der Waals surface area contributed by atoms with Crippen molar-refractivity contribution in [3.63, 3.8) is 0 Å². The summed E-state index contributed by atoms with van der Waals surface area (Å²) in [6.07, 6.45) is 0.920. The highest BCUT2D eigenvalue weighted by molar-refractivity contribution is 5.61. The van der Waals surface area contributed by atoms with E-state index >= 15 is 0 Å². The van der Waals surface area contributed by atoms with Gasteiger partial charge in [0, 0.05) is 6.54 Å². The van der Waals surface area contributed by atoms with Crippen LogP contribution in [0.15, 0.2) is 67.2 Å². The van der Waals surface area contributed by atoms with Crippen LogP contribution in [0.25, 0.3) is 5.70 Å². The molecule has 2 rings (SSSR count). The molecule has 2 nitrogen and oxygen atoms in total. The number of hydrogen-bond acceptors (Lipinski definition) is 2. The molecule has 2 heteroatoms. The largest absolute Gasteiger partial charge is 0.311 e. The van der Waals surface area contributed by atoms with E-state index in [-0.39, 0.29) is 0 Å². The van der Waals surface area contributed by atoms with Crippen molar-refractivity contribution >= 4 is 5.70 Å². The number of rotatable bonds is 5. The van der Waals surface area contributed by atoms with E-state index in [1.54, 1.807) is 5.01 Å². The van der Waals surface area contributed by atoms with Crippen molar-refractivity contribution in [3.8, 4) is 0 Å². The smallest absolute Gasteiger partial charge is 0.0517 e. The Balaban J connectivity index is 1.93. The van der Waals surface area contributed by atoms with E-state index in [1.807, 2.05) is 48.5 Å². The average Bonchev–Trinajstić information content (AvgIpc) is 2.46. The third-order valence-electron chi connectivity index (χ3n) is 2.94. The number of hydrogen-bond donors (Lipinski definition) is 1. The van der Waals surface area contributed by atoms with Gasteiger partial charge in [-0.25, -0.2) is 5.84 Å². The zero-order valence-electron chi connectivity index (χ0n) is 10.4. The highest BCUT2D eigenvalue weighted by Gasteiger charge is 2.05. The predicted octanol–water partition coefficient (Wildman–Crippen LogP) is 3.08. The van der Waals surface area contributed by atoms with Gasteiger partial charge in [0.1, 0.15) is 0 Å². The van der Waals surface area contributed by atoms with Gasteiger partial charge in [-0.1, -0.05) is 67.2 Å².